The third-order valence-electron chi connectivity index (χ3n) is 3.11. The van der Waals surface area contributed by atoms with Crippen LogP contribution in [-0.4, -0.2) is 34.4 Å². The first-order chi connectivity index (χ1) is 9.33. The van der Waals surface area contributed by atoms with Crippen LogP contribution in [0.5, 0.6) is 0 Å². The van der Waals surface area contributed by atoms with E-state index in [-0.39, 0.29) is 0 Å². The van der Waals surface area contributed by atoms with Gasteiger partial charge in [0.2, 0.25) is 0 Å². The van der Waals surface area contributed by atoms with Gasteiger partial charge in [-0.3, -0.25) is 0 Å². The summed E-state index contributed by atoms with van der Waals surface area (Å²) in [6, 6.07) is 2.15. The average molecular weight is 262 g/mol. The molecule has 5 nitrogen and oxygen atoms in total. The minimum Gasteiger partial charge on any atom is -0.383 e. The second-order valence-electron chi connectivity index (χ2n) is 4.53. The van der Waals surface area contributed by atoms with Gasteiger partial charge in [0.1, 0.15) is 0 Å². The van der Waals surface area contributed by atoms with Crippen LogP contribution in [0.2, 0.25) is 0 Å². The summed E-state index contributed by atoms with van der Waals surface area (Å²) >= 11 is 0. The first kappa shape index (κ1) is 13.8. The Morgan fingerprint density at radius 2 is 2.32 bits per heavy atom. The average Bonchev–Trinajstić information content (AvgIpc) is 3.04. The molecular weight excluding hydrogens is 240 g/mol. The molecule has 0 aliphatic rings. The molecule has 19 heavy (non-hydrogen) atoms. The second kappa shape index (κ2) is 7.11. The number of methoxy groups -OCH3 is 1. The highest BCUT2D eigenvalue weighted by molar-refractivity contribution is 5.12. The molecule has 0 fully saturated rings. The Morgan fingerprint density at radius 1 is 1.42 bits per heavy atom. The number of hydrogen-bond donors (Lipinski definition) is 1. The molecule has 5 heteroatoms. The van der Waals surface area contributed by atoms with Crippen molar-refractivity contribution in [2.75, 3.05) is 20.3 Å². The molecule has 0 saturated heterocycles. The Kier molecular flexibility index (Phi) is 5.18. The van der Waals surface area contributed by atoms with Crippen LogP contribution in [0.3, 0.4) is 0 Å². The highest BCUT2D eigenvalue weighted by atomic mass is 16.5. The lowest BCUT2D eigenvalue weighted by Crippen LogP contribution is -2.18. The van der Waals surface area contributed by atoms with Crippen LogP contribution >= 0.6 is 0 Å². The smallest absolute Gasteiger partial charge is 0.0948 e. The van der Waals surface area contributed by atoms with Crippen LogP contribution in [0.15, 0.2) is 31.0 Å². The normalized spacial score (nSPS) is 11.1. The van der Waals surface area contributed by atoms with E-state index in [0.717, 1.165) is 32.8 Å². The molecule has 0 saturated carbocycles. The number of aromatic nitrogens is 3. The van der Waals surface area contributed by atoms with Crippen molar-refractivity contribution < 1.29 is 4.74 Å². The Morgan fingerprint density at radius 3 is 3.11 bits per heavy atom. The van der Waals surface area contributed by atoms with Crippen LogP contribution < -0.4 is 5.32 Å². The number of ether oxygens (including phenoxy) is 1. The van der Waals surface area contributed by atoms with Crippen LogP contribution in [0.4, 0.5) is 0 Å². The fourth-order valence-corrected chi connectivity index (χ4v) is 2.05. The largest absolute Gasteiger partial charge is 0.383 e. The molecule has 0 radical (unpaired) electrons. The van der Waals surface area contributed by atoms with Gasteiger partial charge in [-0.15, -0.1) is 0 Å². The van der Waals surface area contributed by atoms with Gasteiger partial charge in [0.15, 0.2) is 0 Å². The summed E-state index contributed by atoms with van der Waals surface area (Å²) in [6.07, 6.45) is 8.10. The van der Waals surface area contributed by atoms with Gasteiger partial charge in [0, 0.05) is 45.3 Å². The van der Waals surface area contributed by atoms with Gasteiger partial charge in [-0.2, -0.15) is 0 Å². The van der Waals surface area contributed by atoms with E-state index < -0.39 is 0 Å². The molecule has 0 aliphatic carbocycles. The minimum absolute atomic E-state index is 0.746. The van der Waals surface area contributed by atoms with E-state index in [1.54, 1.807) is 7.11 Å². The third kappa shape index (κ3) is 3.94. The van der Waals surface area contributed by atoms with Crippen LogP contribution in [0, 0.1) is 0 Å². The van der Waals surface area contributed by atoms with Crippen molar-refractivity contribution in [2.45, 2.75) is 26.6 Å². The molecule has 0 bridgehead atoms. The summed E-state index contributed by atoms with van der Waals surface area (Å²) in [5.41, 5.74) is 2.52. The summed E-state index contributed by atoms with van der Waals surface area (Å²) < 4.78 is 9.36. The van der Waals surface area contributed by atoms with Crippen molar-refractivity contribution in [3.05, 3.63) is 42.2 Å². The predicted molar refractivity (Wildman–Crippen MR) is 75.0 cm³/mol. The highest BCUT2D eigenvalue weighted by Crippen LogP contribution is 2.06. The number of nitrogens with zero attached hydrogens (tertiary/aromatic N) is 3. The molecule has 2 aromatic heterocycles. The van der Waals surface area contributed by atoms with Crippen LogP contribution in [0.25, 0.3) is 0 Å². The SMILES string of the molecule is CCn1cncc1Cn1ccc(CNCCOC)c1. The molecule has 0 aromatic carbocycles. The maximum absolute atomic E-state index is 5.00. The highest BCUT2D eigenvalue weighted by Gasteiger charge is 2.02. The molecule has 104 valence electrons. The van der Waals surface area contributed by atoms with Gasteiger partial charge < -0.3 is 19.2 Å². The van der Waals surface area contributed by atoms with Crippen molar-refractivity contribution >= 4 is 0 Å². The molecule has 2 rings (SSSR count). The molecule has 0 atom stereocenters. The van der Waals surface area contributed by atoms with Gasteiger partial charge in [-0.25, -0.2) is 4.98 Å². The molecule has 2 heterocycles. The number of aryl methyl sites for hydroxylation is 1. The summed E-state index contributed by atoms with van der Waals surface area (Å²) in [5.74, 6) is 0. The van der Waals surface area contributed by atoms with Crippen molar-refractivity contribution in [1.82, 2.24) is 19.4 Å². The lowest BCUT2D eigenvalue weighted by molar-refractivity contribution is 0.199. The fourth-order valence-electron chi connectivity index (χ4n) is 2.05. The van der Waals surface area contributed by atoms with Crippen molar-refractivity contribution in [3.8, 4) is 0 Å². The number of rotatable bonds is 8. The monoisotopic (exact) mass is 262 g/mol. The maximum atomic E-state index is 5.00. The Hall–Kier alpha value is -1.59. The quantitative estimate of drug-likeness (QED) is 0.733. The van der Waals surface area contributed by atoms with Gasteiger partial charge in [-0.05, 0) is 18.6 Å². The van der Waals surface area contributed by atoms with Gasteiger partial charge in [0.25, 0.3) is 0 Å². The molecule has 0 aliphatic heterocycles. The van der Waals surface area contributed by atoms with E-state index in [4.69, 9.17) is 4.74 Å². The van der Waals surface area contributed by atoms with Gasteiger partial charge >= 0.3 is 0 Å². The van der Waals surface area contributed by atoms with Crippen LogP contribution in [0.1, 0.15) is 18.2 Å². The molecule has 0 unspecified atom stereocenters. The Labute approximate surface area is 114 Å². The van der Waals surface area contributed by atoms with Crippen molar-refractivity contribution in [1.29, 1.82) is 0 Å². The first-order valence-electron chi connectivity index (χ1n) is 6.66. The van der Waals surface area contributed by atoms with E-state index in [9.17, 15) is 0 Å². The first-order valence-corrected chi connectivity index (χ1v) is 6.66. The Balaban J connectivity index is 1.87. The van der Waals surface area contributed by atoms with E-state index >= 15 is 0 Å². The van der Waals surface area contributed by atoms with E-state index in [1.165, 1.54) is 11.3 Å². The zero-order valence-corrected chi connectivity index (χ0v) is 11.7. The summed E-state index contributed by atoms with van der Waals surface area (Å²) in [4.78, 5) is 4.19. The molecule has 2 aromatic rings. The Bertz CT molecular complexity index is 489. The fraction of sp³-hybridized carbons (Fsp3) is 0.500. The number of hydrogen-bond acceptors (Lipinski definition) is 3. The number of nitrogens with one attached hydrogen (secondary N) is 1. The van der Waals surface area contributed by atoms with Gasteiger partial charge in [0.05, 0.1) is 25.2 Å². The zero-order valence-electron chi connectivity index (χ0n) is 11.7. The van der Waals surface area contributed by atoms with Crippen molar-refractivity contribution in [3.63, 3.8) is 0 Å². The molecule has 0 amide bonds. The lowest BCUT2D eigenvalue weighted by atomic mass is 10.3. The van der Waals surface area contributed by atoms with Crippen molar-refractivity contribution in [2.24, 2.45) is 0 Å². The van der Waals surface area contributed by atoms with E-state index in [0.29, 0.717) is 0 Å². The summed E-state index contributed by atoms with van der Waals surface area (Å²) in [6.45, 7) is 6.46. The third-order valence-corrected chi connectivity index (χ3v) is 3.11. The molecule has 1 N–H and O–H groups in total. The minimum atomic E-state index is 0.746. The standard InChI is InChI=1S/C14H22N4O/c1-3-18-12-16-9-14(18)11-17-6-4-13(10-17)8-15-5-7-19-2/h4,6,9-10,12,15H,3,5,7-8,11H2,1-2H3. The predicted octanol–water partition coefficient (Wildman–Crippen LogP) is 1.49. The van der Waals surface area contributed by atoms with Crippen LogP contribution in [-0.2, 0) is 24.4 Å². The molecular formula is C14H22N4O. The lowest BCUT2D eigenvalue weighted by Gasteiger charge is -2.06. The number of imidazole rings is 1. The molecule has 0 spiro atoms. The van der Waals surface area contributed by atoms with E-state index in [1.807, 2.05) is 12.5 Å². The van der Waals surface area contributed by atoms with Gasteiger partial charge in [-0.1, -0.05) is 0 Å². The summed E-state index contributed by atoms with van der Waals surface area (Å²) in [7, 11) is 1.72. The topological polar surface area (TPSA) is 44.0 Å². The maximum Gasteiger partial charge on any atom is 0.0948 e. The summed E-state index contributed by atoms with van der Waals surface area (Å²) in [5, 5.41) is 3.34. The zero-order chi connectivity index (χ0) is 13.5. The van der Waals surface area contributed by atoms with E-state index in [2.05, 4.69) is 44.8 Å². The second-order valence-corrected chi connectivity index (χ2v) is 4.53.